The van der Waals surface area contributed by atoms with Crippen LogP contribution in [0, 0.1) is 10.1 Å². The zero-order valence-electron chi connectivity index (χ0n) is 14.0. The van der Waals surface area contributed by atoms with Crippen LogP contribution >= 0.6 is 0 Å². The number of nitro groups is 1. The van der Waals surface area contributed by atoms with E-state index in [2.05, 4.69) is 4.57 Å². The molecule has 0 fully saturated rings. The Morgan fingerprint density at radius 2 is 1.80 bits per heavy atom. The molecule has 4 rings (SSSR count). The van der Waals surface area contributed by atoms with Crippen molar-refractivity contribution >= 4 is 16.6 Å². The lowest BCUT2D eigenvalue weighted by atomic mass is 9.95. The van der Waals surface area contributed by atoms with E-state index in [4.69, 9.17) is 9.47 Å². The Hall–Kier alpha value is -3.15. The molecule has 2 aromatic carbocycles. The third-order valence-corrected chi connectivity index (χ3v) is 4.71. The molecule has 1 aromatic heterocycles. The Kier molecular flexibility index (Phi) is 3.53. The number of hydrogen-bond donors (Lipinski definition) is 0. The second kappa shape index (κ2) is 5.73. The van der Waals surface area contributed by atoms with Gasteiger partial charge < -0.3 is 9.47 Å². The molecule has 6 heteroatoms. The molecule has 0 saturated heterocycles. The van der Waals surface area contributed by atoms with Gasteiger partial charge in [-0.15, -0.1) is 0 Å². The minimum Gasteiger partial charge on any atom is -0.493 e. The van der Waals surface area contributed by atoms with E-state index in [9.17, 15) is 10.1 Å². The number of methoxy groups -OCH3 is 2. The van der Waals surface area contributed by atoms with Crippen molar-refractivity contribution in [3.63, 3.8) is 0 Å². The fraction of sp³-hybridized carbons (Fsp3) is 0.211. The van der Waals surface area contributed by atoms with Gasteiger partial charge in [-0.25, -0.2) is 0 Å². The molecular formula is C19H17N2O4+. The number of nitro benzene ring substituents is 1. The highest BCUT2D eigenvalue weighted by molar-refractivity contribution is 5.81. The van der Waals surface area contributed by atoms with Crippen molar-refractivity contribution < 1.29 is 19.0 Å². The van der Waals surface area contributed by atoms with E-state index in [-0.39, 0.29) is 10.6 Å². The minimum absolute atomic E-state index is 0.107. The molecule has 0 aliphatic carbocycles. The van der Waals surface area contributed by atoms with E-state index in [1.807, 2.05) is 30.3 Å². The summed E-state index contributed by atoms with van der Waals surface area (Å²) in [6, 6.07) is 13.0. The number of aryl methyl sites for hydroxylation is 2. The van der Waals surface area contributed by atoms with Crippen molar-refractivity contribution in [2.45, 2.75) is 13.0 Å². The van der Waals surface area contributed by atoms with Crippen molar-refractivity contribution in [2.24, 2.45) is 0 Å². The summed E-state index contributed by atoms with van der Waals surface area (Å²) in [5.74, 6) is 1.42. The maximum Gasteiger partial charge on any atom is 0.270 e. The molecule has 3 aromatic rings. The van der Waals surface area contributed by atoms with E-state index in [1.54, 1.807) is 26.4 Å². The summed E-state index contributed by atoms with van der Waals surface area (Å²) in [4.78, 5) is 10.6. The van der Waals surface area contributed by atoms with Gasteiger partial charge in [0, 0.05) is 30.7 Å². The number of hydrogen-bond acceptors (Lipinski definition) is 4. The first-order valence-electron chi connectivity index (χ1n) is 7.98. The average Bonchev–Trinajstić information content (AvgIpc) is 2.65. The van der Waals surface area contributed by atoms with Gasteiger partial charge in [-0.2, -0.15) is 4.57 Å². The second-order valence-electron chi connectivity index (χ2n) is 5.98. The van der Waals surface area contributed by atoms with Crippen LogP contribution in [0.15, 0.2) is 42.5 Å². The summed E-state index contributed by atoms with van der Waals surface area (Å²) in [5.41, 5.74) is 4.48. The Bertz CT molecular complexity index is 1010. The first-order valence-corrected chi connectivity index (χ1v) is 7.98. The van der Waals surface area contributed by atoms with Crippen LogP contribution < -0.4 is 14.0 Å². The molecule has 25 heavy (non-hydrogen) atoms. The molecular weight excluding hydrogens is 320 g/mol. The SMILES string of the molecule is COc1cc2c(cc1OC)-c1ccc3cc([N+](=O)[O-])ccc3[n+]1CC2. The average molecular weight is 337 g/mol. The van der Waals surface area contributed by atoms with Crippen LogP contribution in [0.5, 0.6) is 11.5 Å². The van der Waals surface area contributed by atoms with Crippen LogP contribution in [-0.2, 0) is 13.0 Å². The lowest BCUT2D eigenvalue weighted by Gasteiger charge is -2.18. The maximum absolute atomic E-state index is 11.0. The molecule has 0 radical (unpaired) electrons. The van der Waals surface area contributed by atoms with Crippen molar-refractivity contribution in [3.8, 4) is 22.8 Å². The van der Waals surface area contributed by atoms with Crippen LogP contribution in [-0.4, -0.2) is 19.1 Å². The van der Waals surface area contributed by atoms with E-state index in [1.165, 1.54) is 5.56 Å². The largest absolute Gasteiger partial charge is 0.493 e. The number of benzene rings is 2. The summed E-state index contributed by atoms with van der Waals surface area (Å²) in [6.45, 7) is 0.812. The van der Waals surface area contributed by atoms with E-state index < -0.39 is 0 Å². The molecule has 0 unspecified atom stereocenters. The molecule has 6 nitrogen and oxygen atoms in total. The Morgan fingerprint density at radius 3 is 2.52 bits per heavy atom. The van der Waals surface area contributed by atoms with Crippen LogP contribution in [0.1, 0.15) is 5.56 Å². The highest BCUT2D eigenvalue weighted by atomic mass is 16.6. The number of fused-ring (bicyclic) bond motifs is 5. The summed E-state index contributed by atoms with van der Waals surface area (Å²) in [5, 5.41) is 11.9. The number of rotatable bonds is 3. The van der Waals surface area contributed by atoms with Gasteiger partial charge in [0.2, 0.25) is 11.2 Å². The highest BCUT2D eigenvalue weighted by Crippen LogP contribution is 2.37. The first-order chi connectivity index (χ1) is 12.1. The van der Waals surface area contributed by atoms with Gasteiger partial charge in [0.25, 0.3) is 5.69 Å². The summed E-state index contributed by atoms with van der Waals surface area (Å²) in [7, 11) is 3.26. The predicted octanol–water partition coefficient (Wildman–Crippen LogP) is 3.28. The molecule has 2 heterocycles. The molecule has 126 valence electrons. The van der Waals surface area contributed by atoms with Crippen LogP contribution in [0.25, 0.3) is 22.2 Å². The smallest absolute Gasteiger partial charge is 0.270 e. The zero-order valence-corrected chi connectivity index (χ0v) is 14.0. The van der Waals surface area contributed by atoms with Crippen LogP contribution in [0.4, 0.5) is 5.69 Å². The summed E-state index contributed by atoms with van der Waals surface area (Å²) in [6.07, 6.45) is 0.865. The molecule has 1 aliphatic heterocycles. The minimum atomic E-state index is -0.365. The Balaban J connectivity index is 1.93. The molecule has 0 N–H and O–H groups in total. The Labute approximate surface area is 144 Å². The molecule has 1 aliphatic rings. The predicted molar refractivity (Wildman–Crippen MR) is 93.0 cm³/mol. The maximum atomic E-state index is 11.0. The molecule has 0 spiro atoms. The molecule has 0 atom stereocenters. The molecule has 0 amide bonds. The van der Waals surface area contributed by atoms with Crippen molar-refractivity contribution in [3.05, 3.63) is 58.1 Å². The fourth-order valence-corrected chi connectivity index (χ4v) is 3.50. The number of non-ortho nitro benzene ring substituents is 1. The van der Waals surface area contributed by atoms with Gasteiger partial charge in [-0.1, -0.05) is 0 Å². The monoisotopic (exact) mass is 337 g/mol. The quantitative estimate of drug-likeness (QED) is 0.418. The van der Waals surface area contributed by atoms with Gasteiger partial charge in [0.05, 0.1) is 30.1 Å². The van der Waals surface area contributed by atoms with Gasteiger partial charge >= 0.3 is 0 Å². The van der Waals surface area contributed by atoms with Gasteiger partial charge in [-0.3, -0.25) is 10.1 Å². The molecule has 0 saturated carbocycles. The highest BCUT2D eigenvalue weighted by Gasteiger charge is 2.27. The van der Waals surface area contributed by atoms with Crippen LogP contribution in [0.2, 0.25) is 0 Å². The summed E-state index contributed by atoms with van der Waals surface area (Å²) < 4.78 is 13.0. The normalized spacial score (nSPS) is 12.4. The first kappa shape index (κ1) is 15.4. The second-order valence-corrected chi connectivity index (χ2v) is 5.98. The third kappa shape index (κ3) is 2.38. The van der Waals surface area contributed by atoms with Gasteiger partial charge in [-0.05, 0) is 23.8 Å². The van der Waals surface area contributed by atoms with Gasteiger partial charge in [0.15, 0.2) is 18.0 Å². The molecule has 0 bridgehead atoms. The Morgan fingerprint density at radius 1 is 1.04 bits per heavy atom. The lowest BCUT2D eigenvalue weighted by molar-refractivity contribution is -0.661. The van der Waals surface area contributed by atoms with Crippen molar-refractivity contribution in [2.75, 3.05) is 14.2 Å². The van der Waals surface area contributed by atoms with E-state index >= 15 is 0 Å². The van der Waals surface area contributed by atoms with E-state index in [0.29, 0.717) is 5.75 Å². The number of ether oxygens (including phenoxy) is 2. The third-order valence-electron chi connectivity index (χ3n) is 4.71. The number of aromatic nitrogens is 1. The van der Waals surface area contributed by atoms with E-state index in [0.717, 1.165) is 40.9 Å². The van der Waals surface area contributed by atoms with Gasteiger partial charge in [0.1, 0.15) is 0 Å². The van der Waals surface area contributed by atoms with Crippen LogP contribution in [0.3, 0.4) is 0 Å². The fourth-order valence-electron chi connectivity index (χ4n) is 3.50. The lowest BCUT2D eigenvalue weighted by Crippen LogP contribution is -2.41. The van der Waals surface area contributed by atoms with Crippen molar-refractivity contribution in [1.82, 2.24) is 0 Å². The van der Waals surface area contributed by atoms with Crippen molar-refractivity contribution in [1.29, 1.82) is 0 Å². The standard InChI is InChI=1S/C19H17N2O4/c1-24-18-10-12-7-8-20-16-6-4-14(21(22)23)9-13(16)3-5-17(20)15(12)11-19(18)25-2/h3-6,9-11H,7-8H2,1-2H3/q+1. The summed E-state index contributed by atoms with van der Waals surface area (Å²) >= 11 is 0. The topological polar surface area (TPSA) is 65.5 Å². The zero-order chi connectivity index (χ0) is 17.6. The number of pyridine rings is 1. The number of nitrogens with zero attached hydrogens (tertiary/aromatic N) is 2.